The van der Waals surface area contributed by atoms with Crippen LogP contribution in [0.4, 0.5) is 0 Å². The second kappa shape index (κ2) is 9.11. The van der Waals surface area contributed by atoms with Gasteiger partial charge in [0.1, 0.15) is 12.2 Å². The van der Waals surface area contributed by atoms with Gasteiger partial charge in [-0.05, 0) is 44.5 Å². The minimum Gasteiger partial charge on any atom is -0.493 e. The molecule has 2 bridgehead atoms. The minimum absolute atomic E-state index is 0.0476. The first-order chi connectivity index (χ1) is 16.5. The molecule has 9 heteroatoms. The summed E-state index contributed by atoms with van der Waals surface area (Å²) in [5, 5.41) is 0. The van der Waals surface area contributed by atoms with Crippen molar-refractivity contribution in [2.45, 2.75) is 48.8 Å². The number of Topliss-reactive ketones (excluding diaryl/α,β-unsaturated/α-hetero) is 1. The van der Waals surface area contributed by atoms with Gasteiger partial charge in [0.2, 0.25) is 0 Å². The Labute approximate surface area is 199 Å². The third-order valence-corrected chi connectivity index (χ3v) is 8.01. The number of hydrogen-bond donors (Lipinski definition) is 0. The molecule has 4 atom stereocenters. The van der Waals surface area contributed by atoms with Crippen LogP contribution < -0.4 is 9.47 Å². The van der Waals surface area contributed by atoms with Gasteiger partial charge in [-0.25, -0.2) is 4.79 Å². The topological polar surface area (TPSA) is 92.8 Å². The Bertz CT molecular complexity index is 966. The lowest BCUT2D eigenvalue weighted by Gasteiger charge is -2.63. The fourth-order valence-corrected chi connectivity index (χ4v) is 6.61. The molecule has 5 rings (SSSR count). The average molecular weight is 476 g/mol. The molecule has 34 heavy (non-hydrogen) atoms. The van der Waals surface area contributed by atoms with E-state index in [1.807, 2.05) is 6.07 Å². The highest BCUT2D eigenvalue weighted by atomic mass is 16.6. The van der Waals surface area contributed by atoms with Crippen molar-refractivity contribution in [3.63, 3.8) is 0 Å². The first-order valence-corrected chi connectivity index (χ1v) is 11.9. The number of carbonyl (C=O) groups is 2. The lowest BCUT2D eigenvalue weighted by molar-refractivity contribution is -0.216. The molecule has 1 saturated heterocycles. The highest BCUT2D eigenvalue weighted by molar-refractivity contribution is 5.90. The highest BCUT2D eigenvalue weighted by Gasteiger charge is 2.75. The average Bonchev–Trinajstić information content (AvgIpc) is 3.19. The molecular weight excluding hydrogens is 442 g/mol. The maximum absolute atomic E-state index is 13.2. The molecule has 1 aromatic rings. The third kappa shape index (κ3) is 3.36. The van der Waals surface area contributed by atoms with Crippen LogP contribution in [-0.4, -0.2) is 95.2 Å². The SMILES string of the molecule is COCCOCCOCC(=O)OC12CCC(=O)C3Oc4c(OC)ccc5c4C31CCN(C)C2C5. The van der Waals surface area contributed by atoms with Gasteiger partial charge in [-0.15, -0.1) is 0 Å². The number of likely N-dealkylation sites (N-methyl/N-ethyl adjacent to an activating group) is 1. The normalized spacial score (nSPS) is 31.1. The zero-order valence-electron chi connectivity index (χ0n) is 20.1. The van der Waals surface area contributed by atoms with Crippen molar-refractivity contribution in [2.24, 2.45) is 0 Å². The number of esters is 1. The second-order valence-electron chi connectivity index (χ2n) is 9.54. The van der Waals surface area contributed by atoms with E-state index < -0.39 is 23.1 Å². The fourth-order valence-electron chi connectivity index (χ4n) is 6.61. The predicted molar refractivity (Wildman–Crippen MR) is 120 cm³/mol. The summed E-state index contributed by atoms with van der Waals surface area (Å²) in [5.41, 5.74) is 0.560. The van der Waals surface area contributed by atoms with E-state index in [1.165, 1.54) is 0 Å². The molecule has 4 unspecified atom stereocenters. The summed E-state index contributed by atoms with van der Waals surface area (Å²) >= 11 is 0. The van der Waals surface area contributed by atoms with Crippen molar-refractivity contribution in [3.05, 3.63) is 23.3 Å². The Morgan fingerprint density at radius 1 is 1.15 bits per heavy atom. The Balaban J connectivity index is 1.43. The number of ketones is 1. The van der Waals surface area contributed by atoms with Crippen molar-refractivity contribution >= 4 is 11.8 Å². The molecule has 4 aliphatic rings. The van der Waals surface area contributed by atoms with Gasteiger partial charge in [-0.1, -0.05) is 6.07 Å². The van der Waals surface area contributed by atoms with Gasteiger partial charge in [0, 0.05) is 19.1 Å². The number of methoxy groups -OCH3 is 2. The van der Waals surface area contributed by atoms with E-state index in [0.717, 1.165) is 24.1 Å². The number of rotatable bonds is 10. The van der Waals surface area contributed by atoms with Crippen molar-refractivity contribution in [2.75, 3.05) is 60.8 Å². The number of piperidine rings is 1. The predicted octanol–water partition coefficient (Wildman–Crippen LogP) is 1.28. The Hall–Kier alpha value is -2.20. The fraction of sp³-hybridized carbons (Fsp3) is 0.680. The first-order valence-electron chi connectivity index (χ1n) is 11.9. The van der Waals surface area contributed by atoms with Gasteiger partial charge in [0.25, 0.3) is 0 Å². The summed E-state index contributed by atoms with van der Waals surface area (Å²) in [4.78, 5) is 28.5. The molecule has 0 N–H and O–H groups in total. The molecule has 9 nitrogen and oxygen atoms in total. The number of carbonyl (C=O) groups excluding carboxylic acids is 2. The summed E-state index contributed by atoms with van der Waals surface area (Å²) in [6.45, 7) is 2.27. The van der Waals surface area contributed by atoms with Crippen LogP contribution in [-0.2, 0) is 40.4 Å². The van der Waals surface area contributed by atoms with E-state index in [9.17, 15) is 9.59 Å². The smallest absolute Gasteiger partial charge is 0.332 e. The Kier molecular flexibility index (Phi) is 6.31. The molecule has 0 amide bonds. The van der Waals surface area contributed by atoms with Crippen molar-refractivity contribution in [1.29, 1.82) is 0 Å². The van der Waals surface area contributed by atoms with Crippen molar-refractivity contribution in [1.82, 2.24) is 4.90 Å². The monoisotopic (exact) mass is 475 g/mol. The molecule has 2 heterocycles. The van der Waals surface area contributed by atoms with Gasteiger partial charge >= 0.3 is 5.97 Å². The number of ether oxygens (including phenoxy) is 6. The van der Waals surface area contributed by atoms with E-state index in [-0.39, 0.29) is 25.0 Å². The van der Waals surface area contributed by atoms with Gasteiger partial charge < -0.3 is 28.4 Å². The van der Waals surface area contributed by atoms with Gasteiger partial charge in [-0.2, -0.15) is 0 Å². The van der Waals surface area contributed by atoms with E-state index >= 15 is 0 Å². The molecule has 0 aromatic heterocycles. The summed E-state index contributed by atoms with van der Waals surface area (Å²) in [5.74, 6) is 0.882. The van der Waals surface area contributed by atoms with Crippen LogP contribution in [0.3, 0.4) is 0 Å². The molecule has 1 saturated carbocycles. The van der Waals surface area contributed by atoms with Crippen LogP contribution in [0.25, 0.3) is 0 Å². The first kappa shape index (κ1) is 23.5. The molecule has 0 radical (unpaired) electrons. The largest absolute Gasteiger partial charge is 0.493 e. The van der Waals surface area contributed by atoms with Crippen molar-refractivity contribution < 1.29 is 38.0 Å². The van der Waals surface area contributed by atoms with Crippen LogP contribution in [0, 0.1) is 0 Å². The van der Waals surface area contributed by atoms with Crippen LogP contribution in [0.15, 0.2) is 12.1 Å². The molecule has 2 aliphatic heterocycles. The second-order valence-corrected chi connectivity index (χ2v) is 9.54. The molecule has 1 aromatic carbocycles. The van der Waals surface area contributed by atoms with E-state index in [0.29, 0.717) is 50.6 Å². The molecular formula is C25H33NO8. The maximum atomic E-state index is 13.2. The van der Waals surface area contributed by atoms with Crippen LogP contribution in [0.5, 0.6) is 11.5 Å². The van der Waals surface area contributed by atoms with Gasteiger partial charge in [0.15, 0.2) is 23.4 Å². The van der Waals surface area contributed by atoms with Crippen LogP contribution >= 0.6 is 0 Å². The zero-order chi connectivity index (χ0) is 23.9. The molecule has 2 aliphatic carbocycles. The Morgan fingerprint density at radius 2 is 1.94 bits per heavy atom. The summed E-state index contributed by atoms with van der Waals surface area (Å²) in [7, 11) is 5.29. The lowest BCUT2D eigenvalue weighted by Crippen LogP contribution is -2.77. The standard InChI is InChI=1S/C25H33NO8/c1-26-9-8-24-21-16-4-5-18(30-3)22(21)33-23(24)17(27)6-7-25(24,19(26)14-16)34-20(28)15-32-13-12-31-11-10-29-2/h4-5,19,23H,6-15H2,1-3H3. The summed E-state index contributed by atoms with van der Waals surface area (Å²) in [6.07, 6.45) is 1.50. The number of nitrogens with zero attached hydrogens (tertiary/aromatic N) is 1. The summed E-state index contributed by atoms with van der Waals surface area (Å²) in [6, 6.07) is 3.92. The van der Waals surface area contributed by atoms with Gasteiger partial charge in [-0.3, -0.25) is 9.69 Å². The van der Waals surface area contributed by atoms with E-state index in [2.05, 4.69) is 18.0 Å². The van der Waals surface area contributed by atoms with Crippen LogP contribution in [0.2, 0.25) is 0 Å². The van der Waals surface area contributed by atoms with E-state index in [4.69, 9.17) is 28.4 Å². The number of hydrogen-bond acceptors (Lipinski definition) is 9. The zero-order valence-corrected chi connectivity index (χ0v) is 20.1. The van der Waals surface area contributed by atoms with E-state index in [1.54, 1.807) is 14.2 Å². The quantitative estimate of drug-likeness (QED) is 0.366. The Morgan fingerprint density at radius 3 is 2.74 bits per heavy atom. The number of likely N-dealkylation sites (tertiary alicyclic amines) is 1. The molecule has 186 valence electrons. The number of benzene rings is 1. The molecule has 2 fully saturated rings. The molecule has 1 spiro atoms. The van der Waals surface area contributed by atoms with Crippen molar-refractivity contribution in [3.8, 4) is 11.5 Å². The minimum atomic E-state index is -0.863. The van der Waals surface area contributed by atoms with Gasteiger partial charge in [0.05, 0.1) is 45.0 Å². The third-order valence-electron chi connectivity index (χ3n) is 8.01. The highest BCUT2D eigenvalue weighted by Crippen LogP contribution is 2.65. The maximum Gasteiger partial charge on any atom is 0.332 e. The summed E-state index contributed by atoms with van der Waals surface area (Å²) < 4.78 is 34.2. The lowest BCUT2D eigenvalue weighted by atomic mass is 9.49. The van der Waals surface area contributed by atoms with Crippen LogP contribution in [0.1, 0.15) is 30.4 Å².